The van der Waals surface area contributed by atoms with Gasteiger partial charge in [0.15, 0.2) is 0 Å². The van der Waals surface area contributed by atoms with Crippen LogP contribution in [-0.4, -0.2) is 17.5 Å². The molecule has 0 fully saturated rings. The maximum absolute atomic E-state index is 11.0. The molecule has 0 spiro atoms. The van der Waals surface area contributed by atoms with E-state index < -0.39 is 10.9 Å². The van der Waals surface area contributed by atoms with E-state index in [4.69, 9.17) is 5.73 Å². The van der Waals surface area contributed by atoms with E-state index in [1.54, 1.807) is 6.92 Å². The number of nitrogen functional groups attached to an aromatic ring is 1. The Balaban J connectivity index is 2.90. The van der Waals surface area contributed by atoms with Gasteiger partial charge in [0.1, 0.15) is 12.0 Å². The van der Waals surface area contributed by atoms with Crippen LogP contribution < -0.4 is 5.73 Å². The first kappa shape index (κ1) is 13.5. The lowest BCUT2D eigenvalue weighted by Crippen LogP contribution is -2.01. The maximum Gasteiger partial charge on any atom is 0.317 e. The highest BCUT2D eigenvalue weighted by atomic mass is 16.6. The molecule has 6 heteroatoms. The zero-order chi connectivity index (χ0) is 13.5. The van der Waals surface area contributed by atoms with Crippen LogP contribution in [0.2, 0.25) is 0 Å². The monoisotopic (exact) mass is 248 g/mol. The van der Waals surface area contributed by atoms with Crippen molar-refractivity contribution >= 4 is 17.3 Å². The molecule has 2 N–H and O–H groups in total. The summed E-state index contributed by atoms with van der Waals surface area (Å²) in [6, 6.07) is 4.11. The van der Waals surface area contributed by atoms with Gasteiger partial charge in [-0.05, 0) is 19.1 Å². The molecule has 0 saturated carbocycles. The SMILES string of the molecule is CCOC(=O)CC#Cc1cc(N)ccc1[N+](=O)[O-]. The van der Waals surface area contributed by atoms with E-state index >= 15 is 0 Å². The predicted molar refractivity (Wildman–Crippen MR) is 65.6 cm³/mol. The summed E-state index contributed by atoms with van der Waals surface area (Å²) in [6.07, 6.45) is -0.111. The number of nitrogens with zero attached hydrogens (tertiary/aromatic N) is 1. The Morgan fingerprint density at radius 2 is 2.28 bits per heavy atom. The summed E-state index contributed by atoms with van der Waals surface area (Å²) in [5, 5.41) is 10.7. The number of carbonyl (C=O) groups excluding carboxylic acids is 1. The van der Waals surface area contributed by atoms with Gasteiger partial charge in [-0.25, -0.2) is 0 Å². The summed E-state index contributed by atoms with van der Waals surface area (Å²) in [4.78, 5) is 21.2. The van der Waals surface area contributed by atoms with Crippen LogP contribution in [0.4, 0.5) is 11.4 Å². The highest BCUT2D eigenvalue weighted by Crippen LogP contribution is 2.19. The second kappa shape index (κ2) is 6.25. The molecule has 0 heterocycles. The highest BCUT2D eigenvalue weighted by Gasteiger charge is 2.11. The van der Waals surface area contributed by atoms with Crippen molar-refractivity contribution in [3.05, 3.63) is 33.9 Å². The number of hydrogen-bond acceptors (Lipinski definition) is 5. The zero-order valence-corrected chi connectivity index (χ0v) is 9.80. The Bertz CT molecular complexity index is 529. The van der Waals surface area contributed by atoms with Gasteiger partial charge in [-0.15, -0.1) is 0 Å². The van der Waals surface area contributed by atoms with E-state index in [1.807, 2.05) is 0 Å². The van der Waals surface area contributed by atoms with Crippen LogP contribution in [0.5, 0.6) is 0 Å². The number of benzene rings is 1. The molecule has 94 valence electrons. The molecule has 0 aliphatic carbocycles. The van der Waals surface area contributed by atoms with Crippen LogP contribution in [0.1, 0.15) is 18.9 Å². The van der Waals surface area contributed by atoms with Crippen LogP contribution in [0.25, 0.3) is 0 Å². The number of nitrogens with two attached hydrogens (primary N) is 1. The average Bonchev–Trinajstić information content (AvgIpc) is 2.29. The molecule has 0 unspecified atom stereocenters. The second-order valence-corrected chi connectivity index (χ2v) is 3.32. The van der Waals surface area contributed by atoms with Crippen molar-refractivity contribution in [2.45, 2.75) is 13.3 Å². The van der Waals surface area contributed by atoms with Gasteiger partial charge in [0.05, 0.1) is 11.5 Å². The number of ether oxygens (including phenoxy) is 1. The van der Waals surface area contributed by atoms with Crippen molar-refractivity contribution in [3.8, 4) is 11.8 Å². The summed E-state index contributed by atoms with van der Waals surface area (Å²) < 4.78 is 4.68. The number of nitro benzene ring substituents is 1. The van der Waals surface area contributed by atoms with E-state index in [1.165, 1.54) is 18.2 Å². The van der Waals surface area contributed by atoms with Crippen molar-refractivity contribution in [1.82, 2.24) is 0 Å². The summed E-state index contributed by atoms with van der Waals surface area (Å²) >= 11 is 0. The summed E-state index contributed by atoms with van der Waals surface area (Å²) in [5.74, 6) is 4.61. The Kier molecular flexibility index (Phi) is 4.69. The molecule has 1 rings (SSSR count). The van der Waals surface area contributed by atoms with Crippen LogP contribution >= 0.6 is 0 Å². The molecule has 0 atom stereocenters. The number of rotatable bonds is 3. The summed E-state index contributed by atoms with van der Waals surface area (Å²) in [7, 11) is 0. The minimum atomic E-state index is -0.548. The molecular weight excluding hydrogens is 236 g/mol. The van der Waals surface area contributed by atoms with E-state index in [0.29, 0.717) is 5.69 Å². The third-order valence-corrected chi connectivity index (χ3v) is 1.98. The molecule has 0 amide bonds. The van der Waals surface area contributed by atoms with Gasteiger partial charge >= 0.3 is 5.97 Å². The van der Waals surface area contributed by atoms with Crippen molar-refractivity contribution in [2.24, 2.45) is 0 Å². The maximum atomic E-state index is 11.0. The predicted octanol–water partition coefficient (Wildman–Crippen LogP) is 1.48. The fourth-order valence-electron chi connectivity index (χ4n) is 1.24. The standard InChI is InChI=1S/C12H12N2O4/c1-2-18-12(15)5-3-4-9-8-10(13)6-7-11(9)14(16)17/h6-8H,2,5,13H2,1H3. The normalized spacial score (nSPS) is 9.17. The Hall–Kier alpha value is -2.55. The third-order valence-electron chi connectivity index (χ3n) is 1.98. The summed E-state index contributed by atoms with van der Waals surface area (Å²) in [5.41, 5.74) is 5.95. The van der Waals surface area contributed by atoms with Gasteiger partial charge in [-0.1, -0.05) is 11.8 Å². The molecule has 1 aromatic carbocycles. The van der Waals surface area contributed by atoms with Crippen LogP contribution in [0.3, 0.4) is 0 Å². The second-order valence-electron chi connectivity index (χ2n) is 3.32. The van der Waals surface area contributed by atoms with Gasteiger partial charge in [-0.3, -0.25) is 14.9 Å². The van der Waals surface area contributed by atoms with Gasteiger partial charge in [0, 0.05) is 11.8 Å². The molecule has 18 heavy (non-hydrogen) atoms. The lowest BCUT2D eigenvalue weighted by Gasteiger charge is -1.97. The first-order valence-corrected chi connectivity index (χ1v) is 5.23. The first-order valence-electron chi connectivity index (χ1n) is 5.23. The van der Waals surface area contributed by atoms with Crippen molar-refractivity contribution < 1.29 is 14.5 Å². The lowest BCUT2D eigenvalue weighted by atomic mass is 10.1. The Morgan fingerprint density at radius 3 is 2.89 bits per heavy atom. The zero-order valence-electron chi connectivity index (χ0n) is 9.80. The highest BCUT2D eigenvalue weighted by molar-refractivity contribution is 5.73. The molecule has 0 aliphatic rings. The third kappa shape index (κ3) is 3.79. The topological polar surface area (TPSA) is 95.5 Å². The molecule has 0 aliphatic heterocycles. The number of carbonyl (C=O) groups is 1. The quantitative estimate of drug-likeness (QED) is 0.287. The van der Waals surface area contributed by atoms with Crippen molar-refractivity contribution in [3.63, 3.8) is 0 Å². The van der Waals surface area contributed by atoms with E-state index in [-0.39, 0.29) is 24.3 Å². The van der Waals surface area contributed by atoms with Gasteiger partial charge < -0.3 is 10.5 Å². The summed E-state index contributed by atoms with van der Waals surface area (Å²) in [6.45, 7) is 1.97. The largest absolute Gasteiger partial charge is 0.465 e. The molecule has 0 aromatic heterocycles. The van der Waals surface area contributed by atoms with Crippen molar-refractivity contribution in [1.29, 1.82) is 0 Å². The van der Waals surface area contributed by atoms with Gasteiger partial charge in [0.2, 0.25) is 0 Å². The Labute approximate surface area is 104 Å². The smallest absolute Gasteiger partial charge is 0.317 e. The average molecular weight is 248 g/mol. The minimum Gasteiger partial charge on any atom is -0.465 e. The number of hydrogen-bond donors (Lipinski definition) is 1. The van der Waals surface area contributed by atoms with Crippen LogP contribution in [-0.2, 0) is 9.53 Å². The van der Waals surface area contributed by atoms with E-state index in [0.717, 1.165) is 0 Å². The van der Waals surface area contributed by atoms with Crippen LogP contribution in [0, 0.1) is 22.0 Å². The van der Waals surface area contributed by atoms with Gasteiger partial charge in [0.25, 0.3) is 5.69 Å². The van der Waals surface area contributed by atoms with Crippen molar-refractivity contribution in [2.75, 3.05) is 12.3 Å². The number of anilines is 1. The van der Waals surface area contributed by atoms with E-state index in [9.17, 15) is 14.9 Å². The van der Waals surface area contributed by atoms with Gasteiger partial charge in [-0.2, -0.15) is 0 Å². The van der Waals surface area contributed by atoms with Crippen LogP contribution in [0.15, 0.2) is 18.2 Å². The minimum absolute atomic E-state index is 0.111. The lowest BCUT2D eigenvalue weighted by molar-refractivity contribution is -0.385. The molecule has 0 radical (unpaired) electrons. The number of esters is 1. The fraction of sp³-hybridized carbons (Fsp3) is 0.250. The molecule has 0 saturated heterocycles. The molecule has 1 aromatic rings. The first-order chi connectivity index (χ1) is 8.54. The molecule has 0 bridgehead atoms. The van der Waals surface area contributed by atoms with E-state index in [2.05, 4.69) is 16.6 Å². The Morgan fingerprint density at radius 1 is 1.56 bits per heavy atom. The fourth-order valence-corrected chi connectivity index (χ4v) is 1.24. The molecule has 6 nitrogen and oxygen atoms in total. The number of nitro groups is 1. The molecular formula is C12H12N2O4.